The van der Waals surface area contributed by atoms with Gasteiger partial charge in [-0.15, -0.1) is 0 Å². The molecule has 0 radical (unpaired) electrons. The lowest BCUT2D eigenvalue weighted by Crippen LogP contribution is -2.60. The van der Waals surface area contributed by atoms with Gasteiger partial charge in [-0.25, -0.2) is 4.79 Å². The van der Waals surface area contributed by atoms with Crippen LogP contribution in [0.15, 0.2) is 18.2 Å². The first-order valence-electron chi connectivity index (χ1n) is 13.8. The number of amides is 3. The number of hydrogen-bond donors (Lipinski definition) is 2. The molecular formula is C30H51N3O4. The highest BCUT2D eigenvalue weighted by atomic mass is 16.6. The van der Waals surface area contributed by atoms with Gasteiger partial charge in [0.15, 0.2) is 0 Å². The second kappa shape index (κ2) is 13.8. The number of alkyl carbamates (subject to hydrolysis) is 1. The van der Waals surface area contributed by atoms with Gasteiger partial charge in [-0.05, 0) is 78.4 Å². The van der Waals surface area contributed by atoms with E-state index in [2.05, 4.69) is 17.6 Å². The summed E-state index contributed by atoms with van der Waals surface area (Å²) in [7, 11) is 0. The number of aryl methyl sites for hydroxylation is 2. The lowest BCUT2D eigenvalue weighted by Gasteiger charge is -2.45. The largest absolute Gasteiger partial charge is 0.444 e. The Balaban J connectivity index is 3.71. The van der Waals surface area contributed by atoms with Crippen LogP contribution in [0, 0.1) is 19.8 Å². The van der Waals surface area contributed by atoms with Crippen LogP contribution >= 0.6 is 0 Å². The summed E-state index contributed by atoms with van der Waals surface area (Å²) < 4.78 is 5.50. The van der Waals surface area contributed by atoms with Crippen LogP contribution in [0.25, 0.3) is 0 Å². The zero-order valence-corrected chi connectivity index (χ0v) is 25.1. The second-order valence-electron chi connectivity index (χ2n) is 11.8. The van der Waals surface area contributed by atoms with E-state index in [-0.39, 0.29) is 17.7 Å². The molecule has 7 nitrogen and oxygen atoms in total. The Hall–Kier alpha value is -2.57. The summed E-state index contributed by atoms with van der Waals surface area (Å²) in [6, 6.07) is 4.30. The van der Waals surface area contributed by atoms with E-state index in [0.29, 0.717) is 19.4 Å². The molecule has 210 valence electrons. The summed E-state index contributed by atoms with van der Waals surface area (Å²) in [6.07, 6.45) is 2.46. The average molecular weight is 518 g/mol. The molecule has 0 fully saturated rings. The Morgan fingerprint density at radius 3 is 2.16 bits per heavy atom. The molecule has 37 heavy (non-hydrogen) atoms. The molecule has 0 aliphatic heterocycles. The maximum atomic E-state index is 14.5. The summed E-state index contributed by atoms with van der Waals surface area (Å²) >= 11 is 0. The van der Waals surface area contributed by atoms with Gasteiger partial charge in [0.05, 0.1) is 0 Å². The van der Waals surface area contributed by atoms with E-state index in [0.717, 1.165) is 29.5 Å². The molecule has 1 rings (SSSR count). The van der Waals surface area contributed by atoms with E-state index >= 15 is 0 Å². The SMILES string of the molecule is CCCCNC(=O)C(c1cc(C)ccc1C)N(C(=O)C(NC(=O)OC(C)(C)C)C(C)CC)C(C)(C)CC. The number of carbonyl (C=O) groups is 3. The van der Waals surface area contributed by atoms with Gasteiger partial charge < -0.3 is 20.3 Å². The van der Waals surface area contributed by atoms with Crippen LogP contribution in [0.3, 0.4) is 0 Å². The molecule has 1 aromatic rings. The number of ether oxygens (including phenoxy) is 1. The Morgan fingerprint density at radius 1 is 1.03 bits per heavy atom. The fourth-order valence-electron chi connectivity index (χ4n) is 4.15. The van der Waals surface area contributed by atoms with Gasteiger partial charge in [0, 0.05) is 12.1 Å². The molecule has 0 aliphatic rings. The molecule has 3 unspecified atom stereocenters. The first kappa shape index (κ1) is 32.5. The third-order valence-electron chi connectivity index (χ3n) is 6.97. The van der Waals surface area contributed by atoms with Gasteiger partial charge in [0.25, 0.3) is 0 Å². The fraction of sp³-hybridized carbons (Fsp3) is 0.700. The predicted octanol–water partition coefficient (Wildman–Crippen LogP) is 6.22. The van der Waals surface area contributed by atoms with Crippen LogP contribution in [0.1, 0.15) is 111 Å². The number of unbranched alkanes of at least 4 members (excludes halogenated alkanes) is 1. The Morgan fingerprint density at radius 2 is 1.65 bits per heavy atom. The van der Waals surface area contributed by atoms with E-state index in [9.17, 15) is 14.4 Å². The summed E-state index contributed by atoms with van der Waals surface area (Å²) in [5, 5.41) is 5.91. The van der Waals surface area contributed by atoms with Crippen molar-refractivity contribution in [3.63, 3.8) is 0 Å². The highest BCUT2D eigenvalue weighted by molar-refractivity contribution is 5.93. The quantitative estimate of drug-likeness (QED) is 0.322. The Bertz CT molecular complexity index is 920. The fourth-order valence-corrected chi connectivity index (χ4v) is 4.15. The minimum absolute atomic E-state index is 0.169. The van der Waals surface area contributed by atoms with Crippen molar-refractivity contribution < 1.29 is 19.1 Å². The van der Waals surface area contributed by atoms with Crippen molar-refractivity contribution in [1.82, 2.24) is 15.5 Å². The van der Waals surface area contributed by atoms with Crippen molar-refractivity contribution in [3.05, 3.63) is 34.9 Å². The van der Waals surface area contributed by atoms with Crippen molar-refractivity contribution >= 4 is 17.9 Å². The number of nitrogens with zero attached hydrogens (tertiary/aromatic N) is 1. The van der Waals surface area contributed by atoms with Gasteiger partial charge in [-0.3, -0.25) is 9.59 Å². The van der Waals surface area contributed by atoms with Crippen LogP contribution < -0.4 is 10.6 Å². The smallest absolute Gasteiger partial charge is 0.408 e. The minimum atomic E-state index is -0.846. The molecule has 0 saturated heterocycles. The molecule has 0 saturated carbocycles. The summed E-state index contributed by atoms with van der Waals surface area (Å²) in [5.41, 5.74) is 1.38. The number of rotatable bonds is 12. The lowest BCUT2D eigenvalue weighted by molar-refractivity contribution is -0.150. The van der Waals surface area contributed by atoms with Crippen LogP contribution in [0.5, 0.6) is 0 Å². The molecule has 2 N–H and O–H groups in total. The van der Waals surface area contributed by atoms with Gasteiger partial charge in [0.2, 0.25) is 11.8 Å². The van der Waals surface area contributed by atoms with Crippen molar-refractivity contribution in [2.45, 2.75) is 125 Å². The summed E-state index contributed by atoms with van der Waals surface area (Å²) in [6.45, 7) is 21.8. The minimum Gasteiger partial charge on any atom is -0.444 e. The monoisotopic (exact) mass is 517 g/mol. The van der Waals surface area contributed by atoms with Gasteiger partial charge in [0.1, 0.15) is 17.7 Å². The standard InChI is InChI=1S/C30H51N3O4/c1-12-15-18-31-26(34)25(23-19-20(4)16-17-22(23)6)33(30(10,11)14-3)27(35)24(21(5)13-2)32-28(36)37-29(7,8)9/h16-17,19,21,24-25H,12-15,18H2,1-11H3,(H,31,34)(H,32,36). The van der Waals surface area contributed by atoms with Crippen LogP contribution in [-0.2, 0) is 14.3 Å². The van der Waals surface area contributed by atoms with Crippen molar-refractivity contribution in [1.29, 1.82) is 0 Å². The molecule has 0 spiro atoms. The van der Waals surface area contributed by atoms with Crippen molar-refractivity contribution in [2.75, 3.05) is 6.54 Å². The highest BCUT2D eigenvalue weighted by Crippen LogP contribution is 2.35. The Kier molecular flexibility index (Phi) is 12.1. The van der Waals surface area contributed by atoms with Crippen LogP contribution in [0.2, 0.25) is 0 Å². The summed E-state index contributed by atoms with van der Waals surface area (Å²) in [4.78, 5) is 42.8. The maximum Gasteiger partial charge on any atom is 0.408 e. The molecule has 0 aliphatic carbocycles. The Labute approximate surface area is 225 Å². The van der Waals surface area contributed by atoms with Crippen LogP contribution in [-0.4, -0.2) is 46.5 Å². The number of nitrogens with one attached hydrogen (secondary N) is 2. The molecule has 3 atom stereocenters. The van der Waals surface area contributed by atoms with Gasteiger partial charge >= 0.3 is 6.09 Å². The molecule has 0 bridgehead atoms. The predicted molar refractivity (Wildman–Crippen MR) is 150 cm³/mol. The van der Waals surface area contributed by atoms with E-state index < -0.39 is 29.3 Å². The maximum absolute atomic E-state index is 14.5. The number of benzene rings is 1. The van der Waals surface area contributed by atoms with Gasteiger partial charge in [-0.2, -0.15) is 0 Å². The number of hydrogen-bond acceptors (Lipinski definition) is 4. The molecule has 1 aromatic carbocycles. The summed E-state index contributed by atoms with van der Waals surface area (Å²) in [5.74, 6) is -0.668. The van der Waals surface area contributed by atoms with Crippen molar-refractivity contribution in [3.8, 4) is 0 Å². The first-order valence-corrected chi connectivity index (χ1v) is 13.8. The molecular weight excluding hydrogens is 466 g/mol. The molecule has 3 amide bonds. The lowest BCUT2D eigenvalue weighted by atomic mass is 9.88. The molecule has 0 aromatic heterocycles. The normalized spacial score (nSPS) is 14.4. The highest BCUT2D eigenvalue weighted by Gasteiger charge is 2.44. The first-order chi connectivity index (χ1) is 17.1. The number of carbonyl (C=O) groups excluding carboxylic acids is 3. The molecule has 0 heterocycles. The van der Waals surface area contributed by atoms with E-state index in [1.54, 1.807) is 25.7 Å². The van der Waals surface area contributed by atoms with E-state index in [1.165, 1.54) is 0 Å². The van der Waals surface area contributed by atoms with E-state index in [1.807, 2.05) is 66.7 Å². The third-order valence-corrected chi connectivity index (χ3v) is 6.97. The molecule has 7 heteroatoms. The zero-order chi connectivity index (χ0) is 28.6. The zero-order valence-electron chi connectivity index (χ0n) is 25.1. The van der Waals surface area contributed by atoms with E-state index in [4.69, 9.17) is 4.74 Å². The average Bonchev–Trinajstić information content (AvgIpc) is 2.80. The topological polar surface area (TPSA) is 87.7 Å². The second-order valence-corrected chi connectivity index (χ2v) is 11.8. The van der Waals surface area contributed by atoms with Gasteiger partial charge in [-0.1, -0.05) is 64.3 Å². The third kappa shape index (κ3) is 9.35. The van der Waals surface area contributed by atoms with Crippen molar-refractivity contribution in [2.24, 2.45) is 5.92 Å². The van der Waals surface area contributed by atoms with Crippen LogP contribution in [0.4, 0.5) is 4.79 Å².